The lowest BCUT2D eigenvalue weighted by atomic mass is 10.1. The summed E-state index contributed by atoms with van der Waals surface area (Å²) in [7, 11) is 0. The van der Waals surface area contributed by atoms with E-state index >= 15 is 0 Å². The normalized spacial score (nSPS) is 18.0. The van der Waals surface area contributed by atoms with Gasteiger partial charge in [-0.2, -0.15) is 5.10 Å². The molecule has 0 spiro atoms. The molecular formula is C15H16F2N4O2. The predicted octanol–water partition coefficient (Wildman–Crippen LogP) is 1.97. The van der Waals surface area contributed by atoms with Crippen LogP contribution in [0.2, 0.25) is 0 Å². The van der Waals surface area contributed by atoms with E-state index in [0.717, 1.165) is 17.8 Å². The molecule has 1 aromatic heterocycles. The average Bonchev–Trinajstić information content (AvgIpc) is 3.09. The van der Waals surface area contributed by atoms with Crippen molar-refractivity contribution < 1.29 is 18.3 Å². The molecule has 1 atom stereocenters. The molecule has 2 heterocycles. The van der Waals surface area contributed by atoms with E-state index in [-0.39, 0.29) is 12.6 Å². The van der Waals surface area contributed by atoms with Gasteiger partial charge in [0.1, 0.15) is 6.10 Å². The van der Waals surface area contributed by atoms with E-state index in [0.29, 0.717) is 25.3 Å². The maximum Gasteiger partial charge on any atom is 0.317 e. The number of amides is 2. The van der Waals surface area contributed by atoms with Crippen molar-refractivity contribution in [3.05, 3.63) is 53.4 Å². The Labute approximate surface area is 131 Å². The standard InChI is InChI=1S/C15H16F2N4O2/c16-12-2-1-10(7-13(12)17)14-9-21(5-6-23-14)15(22)18-8-11-3-4-19-20-11/h1-4,7,14H,5-6,8-9H2,(H,18,22)(H,19,20)/t14-/m0/s1. The van der Waals surface area contributed by atoms with Crippen molar-refractivity contribution in [2.75, 3.05) is 19.7 Å². The fourth-order valence-electron chi connectivity index (χ4n) is 2.41. The lowest BCUT2D eigenvalue weighted by molar-refractivity contribution is -0.0156. The van der Waals surface area contributed by atoms with Gasteiger partial charge in [-0.3, -0.25) is 5.10 Å². The van der Waals surface area contributed by atoms with Crippen LogP contribution >= 0.6 is 0 Å². The van der Waals surface area contributed by atoms with Crippen LogP contribution in [0.25, 0.3) is 0 Å². The molecule has 1 aromatic carbocycles. The number of carbonyl (C=O) groups is 1. The zero-order chi connectivity index (χ0) is 16.2. The number of nitrogens with zero attached hydrogens (tertiary/aromatic N) is 2. The van der Waals surface area contributed by atoms with Crippen LogP contribution in [0.4, 0.5) is 13.6 Å². The summed E-state index contributed by atoms with van der Waals surface area (Å²) >= 11 is 0. The lowest BCUT2D eigenvalue weighted by Crippen LogP contribution is -2.47. The Balaban J connectivity index is 1.60. The highest BCUT2D eigenvalue weighted by atomic mass is 19.2. The maximum atomic E-state index is 13.3. The monoisotopic (exact) mass is 322 g/mol. The van der Waals surface area contributed by atoms with Gasteiger partial charge in [-0.15, -0.1) is 0 Å². The Hall–Kier alpha value is -2.48. The number of ether oxygens (including phenoxy) is 1. The molecule has 8 heteroatoms. The van der Waals surface area contributed by atoms with Gasteiger partial charge in [0.05, 0.1) is 25.4 Å². The minimum Gasteiger partial charge on any atom is -0.370 e. The molecule has 2 N–H and O–H groups in total. The van der Waals surface area contributed by atoms with Gasteiger partial charge in [-0.25, -0.2) is 13.6 Å². The SMILES string of the molecule is O=C(NCc1ccn[nH]1)N1CCO[C@H](c2ccc(F)c(F)c2)C1. The van der Waals surface area contributed by atoms with E-state index in [1.807, 2.05) is 0 Å². The topological polar surface area (TPSA) is 70.2 Å². The molecule has 0 aliphatic carbocycles. The fraction of sp³-hybridized carbons (Fsp3) is 0.333. The number of rotatable bonds is 3. The van der Waals surface area contributed by atoms with Crippen molar-refractivity contribution in [1.29, 1.82) is 0 Å². The Morgan fingerprint density at radius 2 is 2.26 bits per heavy atom. The first-order valence-corrected chi connectivity index (χ1v) is 7.21. The van der Waals surface area contributed by atoms with Gasteiger partial charge in [0.15, 0.2) is 11.6 Å². The molecule has 0 bridgehead atoms. The van der Waals surface area contributed by atoms with Crippen molar-refractivity contribution in [2.24, 2.45) is 0 Å². The van der Waals surface area contributed by atoms with Gasteiger partial charge in [-0.05, 0) is 23.8 Å². The minimum absolute atomic E-state index is 0.240. The molecule has 1 fully saturated rings. The second kappa shape index (κ2) is 6.74. The highest BCUT2D eigenvalue weighted by Crippen LogP contribution is 2.23. The molecule has 2 aromatic rings. The Bertz CT molecular complexity index is 678. The second-order valence-electron chi connectivity index (χ2n) is 5.22. The third-order valence-corrected chi connectivity index (χ3v) is 3.66. The molecule has 0 saturated carbocycles. The van der Waals surface area contributed by atoms with Crippen LogP contribution in [0.15, 0.2) is 30.5 Å². The maximum absolute atomic E-state index is 13.3. The average molecular weight is 322 g/mol. The van der Waals surface area contributed by atoms with Crippen LogP contribution in [-0.4, -0.2) is 40.8 Å². The van der Waals surface area contributed by atoms with E-state index in [4.69, 9.17) is 4.74 Å². The van der Waals surface area contributed by atoms with Crippen molar-refractivity contribution in [1.82, 2.24) is 20.4 Å². The molecule has 3 rings (SSSR count). The number of H-pyrrole nitrogens is 1. The second-order valence-corrected chi connectivity index (χ2v) is 5.22. The summed E-state index contributed by atoms with van der Waals surface area (Å²) in [5, 5.41) is 9.33. The molecule has 1 aliphatic heterocycles. The smallest absolute Gasteiger partial charge is 0.317 e. The number of benzene rings is 1. The number of aromatic amines is 1. The molecular weight excluding hydrogens is 306 g/mol. The third-order valence-electron chi connectivity index (χ3n) is 3.66. The van der Waals surface area contributed by atoms with Gasteiger partial charge in [0.2, 0.25) is 0 Å². The van der Waals surface area contributed by atoms with Gasteiger partial charge in [0.25, 0.3) is 0 Å². The van der Waals surface area contributed by atoms with E-state index in [1.54, 1.807) is 17.2 Å². The van der Waals surface area contributed by atoms with Crippen LogP contribution in [0.1, 0.15) is 17.4 Å². The largest absolute Gasteiger partial charge is 0.370 e. The molecule has 2 amide bonds. The molecule has 0 unspecified atom stereocenters. The number of carbonyl (C=O) groups excluding carboxylic acids is 1. The van der Waals surface area contributed by atoms with Crippen LogP contribution < -0.4 is 5.32 Å². The van der Waals surface area contributed by atoms with Gasteiger partial charge in [-0.1, -0.05) is 6.07 Å². The van der Waals surface area contributed by atoms with E-state index in [2.05, 4.69) is 15.5 Å². The number of hydrogen-bond acceptors (Lipinski definition) is 3. The van der Waals surface area contributed by atoms with Crippen LogP contribution in [0, 0.1) is 11.6 Å². The summed E-state index contributed by atoms with van der Waals surface area (Å²) in [6, 6.07) is 5.16. The van der Waals surface area contributed by atoms with Gasteiger partial charge < -0.3 is 15.0 Å². The summed E-state index contributed by atoms with van der Waals surface area (Å²) < 4.78 is 31.9. The van der Waals surface area contributed by atoms with Crippen LogP contribution in [0.3, 0.4) is 0 Å². The number of hydrogen-bond donors (Lipinski definition) is 2. The Morgan fingerprint density at radius 1 is 1.39 bits per heavy atom. The highest BCUT2D eigenvalue weighted by Gasteiger charge is 2.26. The molecule has 1 saturated heterocycles. The van der Waals surface area contributed by atoms with Gasteiger partial charge in [0, 0.05) is 12.7 Å². The highest BCUT2D eigenvalue weighted by molar-refractivity contribution is 5.74. The number of morpholine rings is 1. The summed E-state index contributed by atoms with van der Waals surface area (Å²) in [6.07, 6.45) is 1.13. The van der Waals surface area contributed by atoms with Crippen molar-refractivity contribution >= 4 is 6.03 Å². The van der Waals surface area contributed by atoms with Crippen LogP contribution in [0.5, 0.6) is 0 Å². The number of nitrogens with one attached hydrogen (secondary N) is 2. The minimum atomic E-state index is -0.924. The number of halogens is 2. The van der Waals surface area contributed by atoms with Crippen molar-refractivity contribution in [3.63, 3.8) is 0 Å². The molecule has 1 aliphatic rings. The van der Waals surface area contributed by atoms with E-state index < -0.39 is 17.7 Å². The molecule has 122 valence electrons. The zero-order valence-electron chi connectivity index (χ0n) is 12.3. The molecule has 0 radical (unpaired) electrons. The fourth-order valence-corrected chi connectivity index (χ4v) is 2.41. The van der Waals surface area contributed by atoms with Crippen molar-refractivity contribution in [2.45, 2.75) is 12.6 Å². The summed E-state index contributed by atoms with van der Waals surface area (Å²) in [6.45, 7) is 1.39. The summed E-state index contributed by atoms with van der Waals surface area (Å²) in [5.41, 5.74) is 1.30. The first kappa shape index (κ1) is 15.4. The number of urea groups is 1. The van der Waals surface area contributed by atoms with Crippen molar-refractivity contribution in [3.8, 4) is 0 Å². The van der Waals surface area contributed by atoms with Crippen LogP contribution in [-0.2, 0) is 11.3 Å². The number of aromatic nitrogens is 2. The first-order chi connectivity index (χ1) is 11.1. The quantitative estimate of drug-likeness (QED) is 0.908. The van der Waals surface area contributed by atoms with E-state index in [9.17, 15) is 13.6 Å². The molecule has 23 heavy (non-hydrogen) atoms. The van der Waals surface area contributed by atoms with Gasteiger partial charge >= 0.3 is 6.03 Å². The third kappa shape index (κ3) is 3.65. The Kier molecular flexibility index (Phi) is 4.52. The zero-order valence-corrected chi connectivity index (χ0v) is 12.3. The summed E-state index contributed by atoms with van der Waals surface area (Å²) in [4.78, 5) is 13.8. The Morgan fingerprint density at radius 3 is 3.00 bits per heavy atom. The summed E-state index contributed by atoms with van der Waals surface area (Å²) in [5.74, 6) is -1.83. The predicted molar refractivity (Wildman–Crippen MR) is 77.4 cm³/mol. The first-order valence-electron chi connectivity index (χ1n) is 7.21. The van der Waals surface area contributed by atoms with E-state index in [1.165, 1.54) is 6.07 Å². The molecule has 6 nitrogen and oxygen atoms in total. The lowest BCUT2D eigenvalue weighted by Gasteiger charge is -2.33.